The molecule has 0 spiro atoms. The highest BCUT2D eigenvalue weighted by molar-refractivity contribution is 6.06. The van der Waals surface area contributed by atoms with Crippen molar-refractivity contribution in [1.82, 2.24) is 19.9 Å². The van der Waals surface area contributed by atoms with E-state index in [-0.39, 0.29) is 11.5 Å². The number of anilines is 3. The third-order valence-electron chi connectivity index (χ3n) is 7.04. The predicted octanol–water partition coefficient (Wildman–Crippen LogP) is 4.08. The van der Waals surface area contributed by atoms with Crippen LogP contribution in [-0.2, 0) is 10.2 Å². The summed E-state index contributed by atoms with van der Waals surface area (Å²) in [6, 6.07) is 14.5. The number of aliphatic hydroxyl groups is 1. The Morgan fingerprint density at radius 3 is 2.73 bits per heavy atom. The first-order valence-corrected chi connectivity index (χ1v) is 12.6. The molecule has 1 unspecified atom stereocenters. The number of carbonyl (C=O) groups is 2. The van der Waals surface area contributed by atoms with Crippen LogP contribution in [0.5, 0.6) is 0 Å². The number of halogens is 1. The van der Waals surface area contributed by atoms with Crippen LogP contribution in [0.2, 0.25) is 0 Å². The molecule has 40 heavy (non-hydrogen) atoms. The van der Waals surface area contributed by atoms with Gasteiger partial charge in [0, 0.05) is 17.6 Å². The van der Waals surface area contributed by atoms with Crippen LogP contribution in [0, 0.1) is 11.3 Å². The number of carbonyl (C=O) groups excluding carboxylic acids is 2. The Morgan fingerprint density at radius 1 is 1.23 bits per heavy atom. The number of benzene rings is 1. The molecule has 1 atom stereocenters. The van der Waals surface area contributed by atoms with E-state index in [2.05, 4.69) is 32.1 Å². The van der Waals surface area contributed by atoms with Gasteiger partial charge in [-0.05, 0) is 69.7 Å². The minimum absolute atomic E-state index is 0.106. The van der Waals surface area contributed by atoms with Crippen LogP contribution in [0.25, 0.3) is 16.9 Å². The van der Waals surface area contributed by atoms with Crippen LogP contribution < -0.4 is 16.0 Å². The standard InChI is InChI=1S/C29H28FN7O3/c1-28(2)20-7-5-17(10-22(20)36-27(28)39)35-21-11-23(24-8-6-18-9-16(12-31)13-34-37(18)24)32-14-19(21)26(38)33-15-25(30)29(3,4)40/h5-11,13-14,25,40H,15H2,1-4H3,(H,32,35)(H,33,38)(H,36,39). The number of rotatable bonds is 7. The number of pyridine rings is 1. The lowest BCUT2D eigenvalue weighted by Crippen LogP contribution is -2.42. The minimum atomic E-state index is -1.68. The maximum atomic E-state index is 14.3. The van der Waals surface area contributed by atoms with E-state index in [1.807, 2.05) is 32.0 Å². The van der Waals surface area contributed by atoms with Crippen molar-refractivity contribution in [2.45, 2.75) is 44.9 Å². The molecular formula is C29H28FN7O3. The number of hydrogen-bond donors (Lipinski definition) is 4. The van der Waals surface area contributed by atoms with Gasteiger partial charge in [-0.3, -0.25) is 14.6 Å². The number of nitriles is 1. The van der Waals surface area contributed by atoms with Gasteiger partial charge >= 0.3 is 0 Å². The van der Waals surface area contributed by atoms with E-state index in [0.717, 1.165) is 5.56 Å². The van der Waals surface area contributed by atoms with Crippen molar-refractivity contribution in [3.63, 3.8) is 0 Å². The molecule has 1 aliphatic heterocycles. The molecule has 0 saturated heterocycles. The van der Waals surface area contributed by atoms with Gasteiger partial charge in [0.2, 0.25) is 5.91 Å². The summed E-state index contributed by atoms with van der Waals surface area (Å²) >= 11 is 0. The minimum Gasteiger partial charge on any atom is -0.387 e. The quantitative estimate of drug-likeness (QED) is 0.276. The largest absolute Gasteiger partial charge is 0.387 e. The van der Waals surface area contributed by atoms with Crippen molar-refractivity contribution in [2.24, 2.45) is 0 Å². The monoisotopic (exact) mass is 541 g/mol. The molecule has 1 aliphatic rings. The number of alkyl halides is 1. The van der Waals surface area contributed by atoms with Gasteiger partial charge in [-0.15, -0.1) is 0 Å². The molecule has 3 aromatic heterocycles. The predicted molar refractivity (Wildman–Crippen MR) is 148 cm³/mol. The highest BCUT2D eigenvalue weighted by atomic mass is 19.1. The molecule has 0 saturated carbocycles. The van der Waals surface area contributed by atoms with Crippen molar-refractivity contribution >= 4 is 34.4 Å². The van der Waals surface area contributed by atoms with E-state index < -0.39 is 29.6 Å². The Kier molecular flexibility index (Phi) is 6.51. The Hall–Kier alpha value is -4.82. The third-order valence-corrected chi connectivity index (χ3v) is 7.04. The highest BCUT2D eigenvalue weighted by Gasteiger charge is 2.38. The Labute approximate surface area is 229 Å². The molecule has 4 heterocycles. The van der Waals surface area contributed by atoms with Gasteiger partial charge in [-0.2, -0.15) is 10.4 Å². The summed E-state index contributed by atoms with van der Waals surface area (Å²) in [5, 5.41) is 32.1. The van der Waals surface area contributed by atoms with Gasteiger partial charge < -0.3 is 21.1 Å². The van der Waals surface area contributed by atoms with Gasteiger partial charge in [0.25, 0.3) is 5.91 Å². The number of hydrogen-bond acceptors (Lipinski definition) is 7. The van der Waals surface area contributed by atoms with Gasteiger partial charge in [-0.25, -0.2) is 8.91 Å². The van der Waals surface area contributed by atoms with Crippen molar-refractivity contribution in [3.05, 3.63) is 71.5 Å². The average Bonchev–Trinajstić information content (AvgIpc) is 3.43. The van der Waals surface area contributed by atoms with E-state index in [1.165, 1.54) is 26.2 Å². The van der Waals surface area contributed by atoms with Crippen LogP contribution in [0.1, 0.15) is 49.2 Å². The van der Waals surface area contributed by atoms with Crippen molar-refractivity contribution in [3.8, 4) is 17.5 Å². The lowest BCUT2D eigenvalue weighted by Gasteiger charge is -2.22. The fourth-order valence-electron chi connectivity index (χ4n) is 4.49. The summed E-state index contributed by atoms with van der Waals surface area (Å²) < 4.78 is 16.0. The summed E-state index contributed by atoms with van der Waals surface area (Å²) in [6.07, 6.45) is 1.15. The molecule has 4 N–H and O–H groups in total. The van der Waals surface area contributed by atoms with Crippen LogP contribution in [-0.4, -0.2) is 49.8 Å². The van der Waals surface area contributed by atoms with Gasteiger partial charge in [0.1, 0.15) is 12.2 Å². The van der Waals surface area contributed by atoms with Crippen molar-refractivity contribution < 1.29 is 19.1 Å². The molecular weight excluding hydrogens is 513 g/mol. The Balaban J connectivity index is 1.53. The molecule has 10 nitrogen and oxygen atoms in total. The number of nitrogens with one attached hydrogen (secondary N) is 3. The number of aromatic nitrogens is 3. The second-order valence-electron chi connectivity index (χ2n) is 10.8. The number of fused-ring (bicyclic) bond motifs is 2. The normalized spacial score (nSPS) is 14.8. The lowest BCUT2D eigenvalue weighted by molar-refractivity contribution is -0.119. The average molecular weight is 542 g/mol. The lowest BCUT2D eigenvalue weighted by atomic mass is 9.86. The molecule has 0 bridgehead atoms. The Bertz CT molecular complexity index is 1700. The smallest absolute Gasteiger partial charge is 0.255 e. The first-order chi connectivity index (χ1) is 18.9. The van der Waals surface area contributed by atoms with Gasteiger partial charge in [0.15, 0.2) is 0 Å². The zero-order valence-electron chi connectivity index (χ0n) is 22.4. The topological polar surface area (TPSA) is 144 Å². The molecule has 5 rings (SSSR count). The van der Waals surface area contributed by atoms with Crippen LogP contribution in [0.4, 0.5) is 21.5 Å². The molecule has 11 heteroatoms. The zero-order valence-corrected chi connectivity index (χ0v) is 22.4. The molecule has 0 radical (unpaired) electrons. The third kappa shape index (κ3) is 4.85. The van der Waals surface area contributed by atoms with Crippen molar-refractivity contribution in [2.75, 3.05) is 17.2 Å². The number of amides is 2. The van der Waals surface area contributed by atoms with Crippen LogP contribution >= 0.6 is 0 Å². The van der Waals surface area contributed by atoms with Crippen LogP contribution in [0.15, 0.2) is 54.9 Å². The maximum absolute atomic E-state index is 14.3. The summed E-state index contributed by atoms with van der Waals surface area (Å²) in [5.41, 5.74) is 2.63. The second-order valence-corrected chi connectivity index (χ2v) is 10.8. The van der Waals surface area contributed by atoms with E-state index in [0.29, 0.717) is 39.5 Å². The summed E-state index contributed by atoms with van der Waals surface area (Å²) in [4.78, 5) is 30.0. The van der Waals surface area contributed by atoms with E-state index in [1.54, 1.807) is 28.8 Å². The first kappa shape index (κ1) is 26.8. The fourth-order valence-corrected chi connectivity index (χ4v) is 4.49. The Morgan fingerprint density at radius 2 is 2.00 bits per heavy atom. The summed E-state index contributed by atoms with van der Waals surface area (Å²) in [6.45, 7) is 5.96. The van der Waals surface area contributed by atoms with Gasteiger partial charge in [-0.1, -0.05) is 6.07 Å². The molecule has 204 valence electrons. The zero-order chi connectivity index (χ0) is 28.8. The SMILES string of the molecule is CC1(C)C(=O)Nc2cc(Nc3cc(-c4ccc5cc(C#N)cnn45)ncc3C(=O)NCC(F)C(C)(C)O)ccc21. The molecule has 0 aliphatic carbocycles. The second kappa shape index (κ2) is 9.73. The van der Waals surface area contributed by atoms with Gasteiger partial charge in [0.05, 0.1) is 57.5 Å². The van der Waals surface area contributed by atoms with Crippen molar-refractivity contribution in [1.29, 1.82) is 5.26 Å². The first-order valence-electron chi connectivity index (χ1n) is 12.6. The molecule has 4 aromatic rings. The van der Waals surface area contributed by atoms with E-state index in [4.69, 9.17) is 0 Å². The molecule has 2 amide bonds. The molecule has 0 fully saturated rings. The summed E-state index contributed by atoms with van der Waals surface area (Å²) in [7, 11) is 0. The van der Waals surface area contributed by atoms with E-state index >= 15 is 0 Å². The number of nitrogens with zero attached hydrogens (tertiary/aromatic N) is 4. The summed E-state index contributed by atoms with van der Waals surface area (Å²) in [5.74, 6) is -0.688. The fraction of sp³-hybridized carbons (Fsp3) is 0.276. The maximum Gasteiger partial charge on any atom is 0.255 e. The molecule has 1 aromatic carbocycles. The van der Waals surface area contributed by atoms with Crippen LogP contribution in [0.3, 0.4) is 0 Å². The highest BCUT2D eigenvalue weighted by Crippen LogP contribution is 2.39. The van der Waals surface area contributed by atoms with E-state index in [9.17, 15) is 24.3 Å².